The van der Waals surface area contributed by atoms with Crippen LogP contribution in [0.5, 0.6) is 0 Å². The number of fused-ring (bicyclic) bond motifs is 1. The lowest BCUT2D eigenvalue weighted by atomic mass is 9.92. The van der Waals surface area contributed by atoms with Crippen LogP contribution >= 0.6 is 0 Å². The first-order valence-electron chi connectivity index (χ1n) is 10.5. The molecule has 0 radical (unpaired) electrons. The topological polar surface area (TPSA) is 101 Å². The van der Waals surface area contributed by atoms with Gasteiger partial charge in [-0.1, -0.05) is 6.07 Å². The minimum atomic E-state index is -0.755. The van der Waals surface area contributed by atoms with Gasteiger partial charge in [-0.05, 0) is 44.2 Å². The van der Waals surface area contributed by atoms with Gasteiger partial charge in [0, 0.05) is 18.8 Å². The Morgan fingerprint density at radius 3 is 2.79 bits per heavy atom. The molecule has 3 fully saturated rings. The molecule has 2 aliphatic heterocycles. The maximum Gasteiger partial charge on any atom is 0.272 e. The van der Waals surface area contributed by atoms with Crippen LogP contribution in [0.25, 0.3) is 0 Å². The normalized spacial score (nSPS) is 30.4. The maximum absolute atomic E-state index is 13.1. The van der Waals surface area contributed by atoms with Gasteiger partial charge in [0.15, 0.2) is 0 Å². The molecular weight excluding hydrogens is 374 g/mol. The van der Waals surface area contributed by atoms with Crippen molar-refractivity contribution in [3.63, 3.8) is 0 Å². The van der Waals surface area contributed by atoms with Crippen molar-refractivity contribution >= 4 is 11.8 Å². The molecule has 158 valence electrons. The van der Waals surface area contributed by atoms with E-state index in [1.54, 1.807) is 29.3 Å². The Hall–Kier alpha value is -2.03. The van der Waals surface area contributed by atoms with Crippen molar-refractivity contribution in [3.05, 3.63) is 30.1 Å². The van der Waals surface area contributed by atoms with Gasteiger partial charge in [0.1, 0.15) is 11.8 Å². The SMILES string of the molecule is O=C(C[C@@H]1CC[C@H]2[C@@H](COC[C@@H](O)CN2C(=O)c2ccccn2)O1)NC1CCC1. The Labute approximate surface area is 170 Å². The van der Waals surface area contributed by atoms with E-state index in [0.717, 1.165) is 12.8 Å². The van der Waals surface area contributed by atoms with E-state index in [2.05, 4.69) is 10.3 Å². The molecule has 1 aromatic rings. The molecule has 3 heterocycles. The molecule has 29 heavy (non-hydrogen) atoms. The monoisotopic (exact) mass is 403 g/mol. The van der Waals surface area contributed by atoms with Gasteiger partial charge in [0.25, 0.3) is 5.91 Å². The number of aliphatic hydroxyl groups is 1. The molecule has 0 bridgehead atoms. The number of carbonyl (C=O) groups is 2. The van der Waals surface area contributed by atoms with Crippen LogP contribution in [-0.2, 0) is 14.3 Å². The van der Waals surface area contributed by atoms with Crippen LogP contribution in [0.2, 0.25) is 0 Å². The van der Waals surface area contributed by atoms with E-state index in [9.17, 15) is 14.7 Å². The summed E-state index contributed by atoms with van der Waals surface area (Å²) in [6.07, 6.45) is 5.32. The van der Waals surface area contributed by atoms with Gasteiger partial charge in [-0.25, -0.2) is 0 Å². The number of β-amino-alcohol motifs (C(OH)–C–C–N with tert-alkyl or cyclic N) is 1. The van der Waals surface area contributed by atoms with Crippen LogP contribution in [0, 0.1) is 0 Å². The van der Waals surface area contributed by atoms with Gasteiger partial charge in [-0.3, -0.25) is 14.6 Å². The van der Waals surface area contributed by atoms with Crippen LogP contribution in [0.3, 0.4) is 0 Å². The number of hydrogen-bond donors (Lipinski definition) is 2. The number of ether oxygens (including phenoxy) is 2. The van der Waals surface area contributed by atoms with Gasteiger partial charge in [0.2, 0.25) is 5.91 Å². The summed E-state index contributed by atoms with van der Waals surface area (Å²) < 4.78 is 11.8. The van der Waals surface area contributed by atoms with Crippen LogP contribution in [-0.4, -0.2) is 77.0 Å². The lowest BCUT2D eigenvalue weighted by Crippen LogP contribution is -2.57. The highest BCUT2D eigenvalue weighted by atomic mass is 16.5. The summed E-state index contributed by atoms with van der Waals surface area (Å²) in [6.45, 7) is 0.604. The number of hydrogen-bond acceptors (Lipinski definition) is 6. The smallest absolute Gasteiger partial charge is 0.272 e. The molecule has 2 saturated heterocycles. The third-order valence-electron chi connectivity index (χ3n) is 6.01. The highest BCUT2D eigenvalue weighted by Crippen LogP contribution is 2.29. The van der Waals surface area contributed by atoms with Crippen molar-refractivity contribution in [1.29, 1.82) is 0 Å². The van der Waals surface area contributed by atoms with Gasteiger partial charge < -0.3 is 24.8 Å². The average molecular weight is 403 g/mol. The lowest BCUT2D eigenvalue weighted by molar-refractivity contribution is -0.151. The average Bonchev–Trinajstić information content (AvgIpc) is 2.68. The Balaban J connectivity index is 1.42. The molecule has 0 unspecified atom stereocenters. The van der Waals surface area contributed by atoms with Crippen LogP contribution < -0.4 is 5.32 Å². The number of amides is 2. The van der Waals surface area contributed by atoms with Crippen LogP contribution in [0.4, 0.5) is 0 Å². The summed E-state index contributed by atoms with van der Waals surface area (Å²) in [5, 5.41) is 13.3. The number of aliphatic hydroxyl groups excluding tert-OH is 1. The molecular formula is C21H29N3O5. The first-order chi connectivity index (χ1) is 14.1. The molecule has 8 heteroatoms. The maximum atomic E-state index is 13.1. The van der Waals surface area contributed by atoms with Crippen molar-refractivity contribution < 1.29 is 24.2 Å². The van der Waals surface area contributed by atoms with E-state index in [0.29, 0.717) is 31.0 Å². The Bertz CT molecular complexity index is 712. The Morgan fingerprint density at radius 2 is 2.07 bits per heavy atom. The molecule has 4 rings (SSSR count). The van der Waals surface area contributed by atoms with Crippen molar-refractivity contribution in [2.45, 2.75) is 68.9 Å². The summed E-state index contributed by atoms with van der Waals surface area (Å²) in [6, 6.07) is 5.31. The molecule has 2 N–H and O–H groups in total. The molecule has 1 aliphatic carbocycles. The highest BCUT2D eigenvalue weighted by molar-refractivity contribution is 5.92. The fourth-order valence-electron chi connectivity index (χ4n) is 4.26. The molecule has 0 aromatic carbocycles. The highest BCUT2D eigenvalue weighted by Gasteiger charge is 2.40. The van der Waals surface area contributed by atoms with Crippen molar-refractivity contribution in [1.82, 2.24) is 15.2 Å². The predicted octanol–water partition coefficient (Wildman–Crippen LogP) is 0.890. The molecule has 1 saturated carbocycles. The number of carbonyl (C=O) groups excluding carboxylic acids is 2. The van der Waals surface area contributed by atoms with Crippen molar-refractivity contribution in [2.24, 2.45) is 0 Å². The Morgan fingerprint density at radius 1 is 1.21 bits per heavy atom. The van der Waals surface area contributed by atoms with E-state index in [4.69, 9.17) is 9.47 Å². The number of pyridine rings is 1. The summed E-state index contributed by atoms with van der Waals surface area (Å²) in [5.74, 6) is -0.187. The van der Waals surface area contributed by atoms with Crippen LogP contribution in [0.15, 0.2) is 24.4 Å². The third kappa shape index (κ3) is 4.94. The fourth-order valence-corrected chi connectivity index (χ4v) is 4.26. The standard InChI is InChI=1S/C21H29N3O5/c25-15-11-24(21(27)17-6-1-2-9-22-17)18-8-7-16(29-19(18)13-28-12-15)10-20(26)23-14-4-3-5-14/h1-2,6,9,14-16,18-19,25H,3-5,7-8,10-13H2,(H,23,26)/t15-,16-,18-,19+/m0/s1. The summed E-state index contributed by atoms with van der Waals surface area (Å²) >= 11 is 0. The molecule has 0 spiro atoms. The quantitative estimate of drug-likeness (QED) is 0.774. The van der Waals surface area contributed by atoms with Gasteiger partial charge >= 0.3 is 0 Å². The van der Waals surface area contributed by atoms with Crippen molar-refractivity contribution in [2.75, 3.05) is 19.8 Å². The first-order valence-corrected chi connectivity index (χ1v) is 10.5. The number of aromatic nitrogens is 1. The summed E-state index contributed by atoms with van der Waals surface area (Å²) in [7, 11) is 0. The minimum Gasteiger partial charge on any atom is -0.389 e. The van der Waals surface area contributed by atoms with E-state index in [1.807, 2.05) is 0 Å². The molecule has 1 aromatic heterocycles. The number of rotatable bonds is 4. The fraction of sp³-hybridized carbons (Fsp3) is 0.667. The van der Waals surface area contributed by atoms with Crippen molar-refractivity contribution in [3.8, 4) is 0 Å². The zero-order valence-electron chi connectivity index (χ0n) is 16.5. The number of nitrogens with zero attached hydrogens (tertiary/aromatic N) is 2. The second-order valence-corrected chi connectivity index (χ2v) is 8.20. The summed E-state index contributed by atoms with van der Waals surface area (Å²) in [5.41, 5.74) is 0.349. The van der Waals surface area contributed by atoms with E-state index < -0.39 is 6.10 Å². The van der Waals surface area contributed by atoms with E-state index in [-0.39, 0.29) is 49.8 Å². The number of nitrogens with one attached hydrogen (secondary N) is 1. The zero-order chi connectivity index (χ0) is 20.2. The zero-order valence-corrected chi connectivity index (χ0v) is 16.5. The van der Waals surface area contributed by atoms with Gasteiger partial charge in [0.05, 0.1) is 37.9 Å². The summed E-state index contributed by atoms with van der Waals surface area (Å²) in [4.78, 5) is 31.2. The van der Waals surface area contributed by atoms with E-state index >= 15 is 0 Å². The molecule has 4 atom stereocenters. The molecule has 3 aliphatic rings. The van der Waals surface area contributed by atoms with Crippen LogP contribution in [0.1, 0.15) is 49.0 Å². The second kappa shape index (κ2) is 9.19. The van der Waals surface area contributed by atoms with E-state index in [1.165, 1.54) is 6.42 Å². The lowest BCUT2D eigenvalue weighted by Gasteiger charge is -2.44. The van der Waals surface area contributed by atoms with Gasteiger partial charge in [-0.2, -0.15) is 0 Å². The Kier molecular flexibility index (Phi) is 6.42. The first kappa shape index (κ1) is 20.3. The molecule has 8 nitrogen and oxygen atoms in total. The predicted molar refractivity (Wildman–Crippen MR) is 104 cm³/mol. The second-order valence-electron chi connectivity index (χ2n) is 8.20. The third-order valence-corrected chi connectivity index (χ3v) is 6.01. The molecule has 2 amide bonds. The largest absolute Gasteiger partial charge is 0.389 e. The minimum absolute atomic E-state index is 0.0294. The van der Waals surface area contributed by atoms with Gasteiger partial charge in [-0.15, -0.1) is 0 Å².